The lowest BCUT2D eigenvalue weighted by Crippen LogP contribution is -2.14. The third-order valence-electron chi connectivity index (χ3n) is 5.91. The zero-order valence-electron chi connectivity index (χ0n) is 18.1. The van der Waals surface area contributed by atoms with Crippen LogP contribution < -0.4 is 5.32 Å². The van der Waals surface area contributed by atoms with Crippen LogP contribution in [0.5, 0.6) is 0 Å². The smallest absolute Gasteiger partial charge is 0.0342 e. The molecule has 0 amide bonds. The van der Waals surface area contributed by atoms with Crippen molar-refractivity contribution in [3.05, 3.63) is 113 Å². The molecule has 0 saturated heterocycles. The Morgan fingerprint density at radius 1 is 0.733 bits per heavy atom. The van der Waals surface area contributed by atoms with Crippen LogP contribution in [0.2, 0.25) is 0 Å². The van der Waals surface area contributed by atoms with Crippen LogP contribution in [0.4, 0.5) is 5.69 Å². The van der Waals surface area contributed by atoms with Crippen LogP contribution in [0.25, 0.3) is 11.6 Å². The number of benzene rings is 3. The summed E-state index contributed by atoms with van der Waals surface area (Å²) in [5.41, 5.74) is 8.74. The van der Waals surface area contributed by atoms with Gasteiger partial charge >= 0.3 is 0 Å². The second kappa shape index (κ2) is 9.63. The minimum Gasteiger partial charge on any atom is -0.382 e. The van der Waals surface area contributed by atoms with Crippen LogP contribution in [0.3, 0.4) is 0 Å². The van der Waals surface area contributed by atoms with E-state index in [0.717, 1.165) is 0 Å². The fourth-order valence-electron chi connectivity index (χ4n) is 4.08. The van der Waals surface area contributed by atoms with E-state index >= 15 is 0 Å². The molecule has 1 N–H and O–H groups in total. The van der Waals surface area contributed by atoms with Gasteiger partial charge < -0.3 is 5.32 Å². The largest absolute Gasteiger partial charge is 0.382 e. The first-order chi connectivity index (χ1) is 14.7. The van der Waals surface area contributed by atoms with Crippen molar-refractivity contribution in [3.63, 3.8) is 0 Å². The van der Waals surface area contributed by atoms with Crippen molar-refractivity contribution in [1.82, 2.24) is 0 Å². The number of hydrogen-bond donors (Lipinski definition) is 1. The van der Waals surface area contributed by atoms with Gasteiger partial charge in [0.15, 0.2) is 0 Å². The Labute approximate surface area is 181 Å². The Bertz CT molecular complexity index is 952. The molecule has 0 bridgehead atoms. The lowest BCUT2D eigenvalue weighted by Gasteiger charge is -2.13. The third kappa shape index (κ3) is 5.30. The van der Waals surface area contributed by atoms with E-state index < -0.39 is 0 Å². The van der Waals surface area contributed by atoms with Crippen LogP contribution in [0.15, 0.2) is 84.9 Å². The van der Waals surface area contributed by atoms with Crippen molar-refractivity contribution in [2.75, 3.05) is 5.32 Å². The van der Waals surface area contributed by atoms with Gasteiger partial charge in [-0.15, -0.1) is 0 Å². The topological polar surface area (TPSA) is 12.0 Å². The maximum atomic E-state index is 3.66. The predicted molar refractivity (Wildman–Crippen MR) is 131 cm³/mol. The van der Waals surface area contributed by atoms with Gasteiger partial charge in [-0.3, -0.25) is 0 Å². The van der Waals surface area contributed by atoms with E-state index in [2.05, 4.69) is 110 Å². The predicted octanol–water partition coefficient (Wildman–Crippen LogP) is 7.80. The van der Waals surface area contributed by atoms with Gasteiger partial charge in [-0.2, -0.15) is 0 Å². The van der Waals surface area contributed by atoms with E-state index in [1.165, 1.54) is 64.8 Å². The molecule has 1 heteroatoms. The molecule has 0 radical (unpaired) electrons. The van der Waals surface area contributed by atoms with E-state index in [0.29, 0.717) is 6.04 Å². The molecule has 0 aliphatic heterocycles. The minimum absolute atomic E-state index is 0.654. The molecule has 30 heavy (non-hydrogen) atoms. The molecule has 1 fully saturated rings. The average molecular weight is 394 g/mol. The number of hydrogen-bond acceptors (Lipinski definition) is 1. The van der Waals surface area contributed by atoms with Gasteiger partial charge in [0, 0.05) is 11.7 Å². The van der Waals surface area contributed by atoms with Gasteiger partial charge in [-0.1, -0.05) is 103 Å². The zero-order chi connectivity index (χ0) is 20.8. The molecule has 152 valence electrons. The highest BCUT2D eigenvalue weighted by Gasteiger charge is 2.13. The molecule has 0 spiro atoms. The zero-order valence-corrected chi connectivity index (χ0v) is 18.1. The number of rotatable bonds is 6. The Hall–Kier alpha value is -3.06. The molecule has 1 aliphatic carbocycles. The molecule has 1 aliphatic rings. The van der Waals surface area contributed by atoms with Crippen LogP contribution in [-0.2, 0) is 0 Å². The second-order valence-electron chi connectivity index (χ2n) is 8.42. The summed E-state index contributed by atoms with van der Waals surface area (Å²) in [4.78, 5) is 0. The molecular formula is C29H31N. The van der Waals surface area contributed by atoms with Gasteiger partial charge in [-0.05, 0) is 61.1 Å². The first-order valence-corrected chi connectivity index (χ1v) is 11.1. The molecule has 0 unspecified atom stereocenters. The van der Waals surface area contributed by atoms with Crippen molar-refractivity contribution in [1.29, 1.82) is 0 Å². The van der Waals surface area contributed by atoms with Gasteiger partial charge in [-0.25, -0.2) is 0 Å². The Balaban J connectivity index is 1.53. The Kier molecular flexibility index (Phi) is 6.49. The summed E-state index contributed by atoms with van der Waals surface area (Å²) in [6.45, 7) is 4.26. The molecule has 3 aromatic rings. The normalized spacial score (nSPS) is 14.2. The van der Waals surface area contributed by atoms with E-state index in [4.69, 9.17) is 0 Å². The summed E-state index contributed by atoms with van der Waals surface area (Å²) >= 11 is 0. The first-order valence-electron chi connectivity index (χ1n) is 11.1. The fraction of sp³-hybridized carbons (Fsp3) is 0.241. The maximum absolute atomic E-state index is 3.66. The van der Waals surface area contributed by atoms with E-state index in [1.807, 2.05) is 0 Å². The van der Waals surface area contributed by atoms with Crippen LogP contribution >= 0.6 is 0 Å². The monoisotopic (exact) mass is 393 g/mol. The van der Waals surface area contributed by atoms with Crippen molar-refractivity contribution < 1.29 is 0 Å². The average Bonchev–Trinajstić information content (AvgIpc) is 3.27. The van der Waals surface area contributed by atoms with E-state index in [1.54, 1.807) is 0 Å². The van der Waals surface area contributed by atoms with Crippen molar-refractivity contribution in [2.45, 2.75) is 45.6 Å². The van der Waals surface area contributed by atoms with Crippen molar-refractivity contribution >= 4 is 17.3 Å². The summed E-state index contributed by atoms with van der Waals surface area (Å²) in [6.07, 6.45) is 11.9. The molecule has 1 saturated carbocycles. The summed E-state index contributed by atoms with van der Waals surface area (Å²) in [5.74, 6) is 0. The van der Waals surface area contributed by atoms with Gasteiger partial charge in [0.25, 0.3) is 0 Å². The lowest BCUT2D eigenvalue weighted by atomic mass is 9.96. The summed E-state index contributed by atoms with van der Waals surface area (Å²) in [6, 6.07) is 27.0. The number of anilines is 1. The van der Waals surface area contributed by atoms with Crippen LogP contribution in [0.1, 0.15) is 53.5 Å². The molecule has 3 aromatic carbocycles. The summed E-state index contributed by atoms with van der Waals surface area (Å²) < 4.78 is 0. The molecular weight excluding hydrogens is 362 g/mol. The molecule has 0 aromatic heterocycles. The SMILES string of the molecule is Cc1ccc(C(=C/C=C/c2ccc(NC3CCCC3)cc2)c2ccc(C)cc2)cc1. The summed E-state index contributed by atoms with van der Waals surface area (Å²) in [5, 5.41) is 3.66. The first kappa shape index (κ1) is 20.2. The highest BCUT2D eigenvalue weighted by molar-refractivity contribution is 5.81. The number of aryl methyl sites for hydroxylation is 2. The third-order valence-corrected chi connectivity index (χ3v) is 5.91. The maximum Gasteiger partial charge on any atom is 0.0342 e. The molecule has 4 rings (SSSR count). The fourth-order valence-corrected chi connectivity index (χ4v) is 4.08. The number of allylic oxidation sites excluding steroid dienone is 2. The Morgan fingerprint density at radius 2 is 1.27 bits per heavy atom. The molecule has 1 nitrogen and oxygen atoms in total. The standard InChI is InChI=1S/C29H31N/c1-22-10-16-25(17-11-22)29(26-18-12-23(2)13-19-26)9-5-6-24-14-20-28(21-15-24)30-27-7-3-4-8-27/h5-6,9-21,27,30H,3-4,7-8H2,1-2H3/b6-5+. The highest BCUT2D eigenvalue weighted by Crippen LogP contribution is 2.25. The molecule has 0 atom stereocenters. The van der Waals surface area contributed by atoms with Gasteiger partial charge in [0.2, 0.25) is 0 Å². The molecule has 0 heterocycles. The van der Waals surface area contributed by atoms with Crippen LogP contribution in [-0.4, -0.2) is 6.04 Å². The second-order valence-corrected chi connectivity index (χ2v) is 8.42. The van der Waals surface area contributed by atoms with Crippen molar-refractivity contribution in [2.24, 2.45) is 0 Å². The van der Waals surface area contributed by atoms with Crippen molar-refractivity contribution in [3.8, 4) is 0 Å². The Morgan fingerprint density at radius 3 is 1.80 bits per heavy atom. The van der Waals surface area contributed by atoms with Gasteiger partial charge in [0.1, 0.15) is 0 Å². The number of nitrogens with one attached hydrogen (secondary N) is 1. The summed E-state index contributed by atoms with van der Waals surface area (Å²) in [7, 11) is 0. The van der Waals surface area contributed by atoms with E-state index in [9.17, 15) is 0 Å². The van der Waals surface area contributed by atoms with E-state index in [-0.39, 0.29) is 0 Å². The quantitative estimate of drug-likeness (QED) is 0.421. The highest BCUT2D eigenvalue weighted by atomic mass is 14.9. The van der Waals surface area contributed by atoms with Gasteiger partial charge in [0.05, 0.1) is 0 Å². The minimum atomic E-state index is 0.654. The van der Waals surface area contributed by atoms with Crippen LogP contribution in [0, 0.1) is 13.8 Å². The lowest BCUT2D eigenvalue weighted by molar-refractivity contribution is 0.755.